The van der Waals surface area contributed by atoms with Crippen LogP contribution in [-0.2, 0) is 0 Å². The van der Waals surface area contributed by atoms with Crippen molar-refractivity contribution >= 4 is 11.1 Å². The molecule has 30 heavy (non-hydrogen) atoms. The van der Waals surface area contributed by atoms with Crippen LogP contribution >= 0.6 is 0 Å². The molecule has 4 aliphatic carbocycles. The van der Waals surface area contributed by atoms with Gasteiger partial charge in [-0.1, -0.05) is 117 Å². The van der Waals surface area contributed by atoms with Crippen LogP contribution in [0, 0.1) is 16.7 Å². The lowest BCUT2D eigenvalue weighted by atomic mass is 9.71. The smallest absolute Gasteiger partial charge is 0.0281 e. The van der Waals surface area contributed by atoms with Crippen molar-refractivity contribution in [2.75, 3.05) is 0 Å². The van der Waals surface area contributed by atoms with E-state index in [1.165, 1.54) is 34.3 Å². The van der Waals surface area contributed by atoms with Crippen LogP contribution in [0.1, 0.15) is 49.8 Å². The highest BCUT2D eigenvalue weighted by molar-refractivity contribution is 5.90. The summed E-state index contributed by atoms with van der Waals surface area (Å²) in [5, 5.41) is 0. The quantitative estimate of drug-likeness (QED) is 0.493. The van der Waals surface area contributed by atoms with E-state index < -0.39 is 0 Å². The summed E-state index contributed by atoms with van der Waals surface area (Å²) in [7, 11) is 0. The number of allylic oxidation sites excluding steroid dienone is 10. The number of rotatable bonds is 2. The van der Waals surface area contributed by atoms with Gasteiger partial charge in [0.2, 0.25) is 0 Å². The van der Waals surface area contributed by atoms with Crippen LogP contribution in [0.3, 0.4) is 0 Å². The van der Waals surface area contributed by atoms with Crippen LogP contribution < -0.4 is 0 Å². The zero-order chi connectivity index (χ0) is 20.5. The zero-order valence-electron chi connectivity index (χ0n) is 18.0. The maximum absolute atomic E-state index is 2.54. The minimum absolute atomic E-state index is 0.0525. The number of benzene rings is 2. The first kappa shape index (κ1) is 18.0. The topological polar surface area (TPSA) is 0 Å². The average Bonchev–Trinajstić information content (AvgIpc) is 3.40. The average molecular weight is 389 g/mol. The molecule has 0 saturated heterocycles. The van der Waals surface area contributed by atoms with Gasteiger partial charge in [-0.2, -0.15) is 0 Å². The first-order valence-electron chi connectivity index (χ1n) is 11.2. The predicted molar refractivity (Wildman–Crippen MR) is 127 cm³/mol. The molecule has 2 aromatic rings. The number of hydrogen-bond donors (Lipinski definition) is 0. The second-order valence-electron chi connectivity index (χ2n) is 10.2. The zero-order valence-corrected chi connectivity index (χ0v) is 18.0. The molecule has 2 aromatic carbocycles. The highest BCUT2D eigenvalue weighted by Crippen LogP contribution is 2.67. The van der Waals surface area contributed by atoms with E-state index in [0.29, 0.717) is 11.8 Å². The second-order valence-corrected chi connectivity index (χ2v) is 10.2. The summed E-state index contributed by atoms with van der Waals surface area (Å²) in [6.45, 7) is 7.43. The monoisotopic (exact) mass is 388 g/mol. The summed E-state index contributed by atoms with van der Waals surface area (Å²) in [4.78, 5) is 0. The fraction of sp³-hybridized carbons (Fsp3) is 0.267. The molecule has 0 aliphatic heterocycles. The first-order chi connectivity index (χ1) is 14.5. The minimum Gasteiger partial charge on any atom is -0.0726 e. The van der Waals surface area contributed by atoms with Gasteiger partial charge in [-0.25, -0.2) is 0 Å². The Labute approximate surface area is 180 Å². The Hall–Kier alpha value is -2.86. The third-order valence-corrected chi connectivity index (χ3v) is 7.82. The van der Waals surface area contributed by atoms with E-state index >= 15 is 0 Å². The molecule has 1 fully saturated rings. The Bertz CT molecular complexity index is 1200. The molecule has 0 N–H and O–H groups in total. The Kier molecular flexibility index (Phi) is 3.64. The first-order valence-corrected chi connectivity index (χ1v) is 11.2. The van der Waals surface area contributed by atoms with Crippen LogP contribution in [0.5, 0.6) is 0 Å². The molecule has 6 rings (SSSR count). The maximum atomic E-state index is 2.54. The molecule has 0 aromatic heterocycles. The molecule has 0 heterocycles. The minimum atomic E-state index is 0.0525. The van der Waals surface area contributed by atoms with Crippen LogP contribution in [0.2, 0.25) is 0 Å². The summed E-state index contributed by atoms with van der Waals surface area (Å²) in [6, 6.07) is 20.0. The summed E-state index contributed by atoms with van der Waals surface area (Å²) < 4.78 is 0. The van der Waals surface area contributed by atoms with Gasteiger partial charge in [0.25, 0.3) is 0 Å². The highest BCUT2D eigenvalue weighted by Gasteiger charge is 2.55. The second kappa shape index (κ2) is 6.08. The van der Waals surface area contributed by atoms with Crippen LogP contribution in [0.25, 0.3) is 11.1 Å². The van der Waals surface area contributed by atoms with Gasteiger partial charge in [-0.05, 0) is 45.2 Å². The number of hydrogen-bond acceptors (Lipinski definition) is 0. The SMILES string of the molecule is CC1(C2=C3C=CC=CC3c3ccccc32)CC(C)(C)C2C=C(c3ccccc3)C=C21. The van der Waals surface area contributed by atoms with Gasteiger partial charge in [0, 0.05) is 17.3 Å². The van der Waals surface area contributed by atoms with Crippen LogP contribution in [0.4, 0.5) is 0 Å². The lowest BCUT2D eigenvalue weighted by Crippen LogP contribution is -2.19. The van der Waals surface area contributed by atoms with E-state index in [-0.39, 0.29) is 10.8 Å². The van der Waals surface area contributed by atoms with E-state index in [2.05, 4.69) is 112 Å². The lowest BCUT2D eigenvalue weighted by Gasteiger charge is -2.32. The van der Waals surface area contributed by atoms with Gasteiger partial charge < -0.3 is 0 Å². The Balaban J connectivity index is 1.55. The third-order valence-electron chi connectivity index (χ3n) is 7.82. The molecular formula is C30H28. The highest BCUT2D eigenvalue weighted by atomic mass is 14.6. The fourth-order valence-corrected chi connectivity index (χ4v) is 6.71. The molecule has 0 heteroatoms. The van der Waals surface area contributed by atoms with Crippen molar-refractivity contribution in [2.45, 2.75) is 33.1 Å². The summed E-state index contributed by atoms with van der Waals surface area (Å²) in [5.41, 5.74) is 10.6. The Morgan fingerprint density at radius 2 is 1.63 bits per heavy atom. The Morgan fingerprint density at radius 1 is 0.867 bits per heavy atom. The third kappa shape index (κ3) is 2.34. The molecule has 3 atom stereocenters. The molecule has 0 amide bonds. The van der Waals surface area contributed by atoms with E-state index in [9.17, 15) is 0 Å². The van der Waals surface area contributed by atoms with E-state index in [0.717, 1.165) is 0 Å². The molecular weight excluding hydrogens is 360 g/mol. The van der Waals surface area contributed by atoms with Crippen molar-refractivity contribution in [3.63, 3.8) is 0 Å². The fourth-order valence-electron chi connectivity index (χ4n) is 6.71. The van der Waals surface area contributed by atoms with Gasteiger partial charge in [0.15, 0.2) is 0 Å². The van der Waals surface area contributed by atoms with Crippen LogP contribution in [0.15, 0.2) is 102 Å². The Morgan fingerprint density at radius 3 is 2.47 bits per heavy atom. The van der Waals surface area contributed by atoms with Gasteiger partial charge in [0.05, 0.1) is 0 Å². The molecule has 4 aliphatic rings. The molecule has 3 unspecified atom stereocenters. The lowest BCUT2D eigenvalue weighted by molar-refractivity contribution is 0.299. The van der Waals surface area contributed by atoms with Crippen molar-refractivity contribution in [3.05, 3.63) is 119 Å². The van der Waals surface area contributed by atoms with E-state index in [1.807, 2.05) is 0 Å². The van der Waals surface area contributed by atoms with Crippen LogP contribution in [-0.4, -0.2) is 0 Å². The molecule has 1 saturated carbocycles. The summed E-state index contributed by atoms with van der Waals surface area (Å²) >= 11 is 0. The van der Waals surface area contributed by atoms with Gasteiger partial charge in [-0.15, -0.1) is 0 Å². The van der Waals surface area contributed by atoms with E-state index in [4.69, 9.17) is 0 Å². The molecule has 148 valence electrons. The predicted octanol–water partition coefficient (Wildman–Crippen LogP) is 7.74. The molecule has 0 bridgehead atoms. The molecule has 0 spiro atoms. The van der Waals surface area contributed by atoms with Gasteiger partial charge in [0.1, 0.15) is 0 Å². The van der Waals surface area contributed by atoms with Crippen molar-refractivity contribution in [1.82, 2.24) is 0 Å². The molecule has 0 radical (unpaired) electrons. The summed E-state index contributed by atoms with van der Waals surface area (Å²) in [5.74, 6) is 0.906. The summed E-state index contributed by atoms with van der Waals surface area (Å²) in [6.07, 6.45) is 15.4. The van der Waals surface area contributed by atoms with Gasteiger partial charge in [-0.3, -0.25) is 0 Å². The van der Waals surface area contributed by atoms with Gasteiger partial charge >= 0.3 is 0 Å². The van der Waals surface area contributed by atoms with Crippen molar-refractivity contribution in [1.29, 1.82) is 0 Å². The van der Waals surface area contributed by atoms with Crippen molar-refractivity contribution < 1.29 is 0 Å². The standard InChI is InChI=1S/C30H28/c1-29(2)19-30(3,27-18-21(17-26(27)29)20-11-5-4-6-12-20)28-24-15-9-7-13-22(24)23-14-8-10-16-25(23)28/h4-18,22,26H,19H2,1-3H3. The van der Waals surface area contributed by atoms with E-state index in [1.54, 1.807) is 11.1 Å². The maximum Gasteiger partial charge on any atom is 0.0281 e. The number of fused-ring (bicyclic) bond motifs is 4. The van der Waals surface area contributed by atoms with Crippen molar-refractivity contribution in [3.8, 4) is 0 Å². The normalized spacial score (nSPS) is 30.1. The molecule has 0 nitrogen and oxygen atoms in total. The van der Waals surface area contributed by atoms with Crippen molar-refractivity contribution in [2.24, 2.45) is 16.7 Å². The largest absolute Gasteiger partial charge is 0.0726 e.